The minimum Gasteiger partial charge on any atom is -0.374 e. The molecule has 158 valence electrons. The average Bonchev–Trinajstić information content (AvgIpc) is 3.21. The molecule has 0 aromatic heterocycles. The Balaban J connectivity index is 1.33. The fourth-order valence-corrected chi connectivity index (χ4v) is 3.71. The van der Waals surface area contributed by atoms with Gasteiger partial charge in [-0.1, -0.05) is 42.5 Å². The first-order chi connectivity index (χ1) is 15.0. The lowest BCUT2D eigenvalue weighted by Gasteiger charge is -2.18. The normalized spacial score (nSPS) is 13.4. The molecule has 0 aliphatic carbocycles. The van der Waals surface area contributed by atoms with Crippen LogP contribution in [0.4, 0.5) is 21.5 Å². The number of hydrogen-bond acceptors (Lipinski definition) is 3. The van der Waals surface area contributed by atoms with Crippen molar-refractivity contribution in [2.24, 2.45) is 0 Å². The Morgan fingerprint density at radius 1 is 1.00 bits per heavy atom. The molecule has 4 rings (SSSR count). The highest BCUT2D eigenvalue weighted by Crippen LogP contribution is 2.28. The van der Waals surface area contributed by atoms with Gasteiger partial charge in [0, 0.05) is 17.9 Å². The number of anilines is 3. The van der Waals surface area contributed by atoms with Gasteiger partial charge in [-0.2, -0.15) is 0 Å². The van der Waals surface area contributed by atoms with Crippen LogP contribution in [0, 0.1) is 5.82 Å². The van der Waals surface area contributed by atoms with Crippen LogP contribution in [0.5, 0.6) is 0 Å². The molecule has 0 saturated carbocycles. The van der Waals surface area contributed by atoms with E-state index < -0.39 is 11.9 Å². The summed E-state index contributed by atoms with van der Waals surface area (Å²) in [6, 6.07) is 20.9. The maximum Gasteiger partial charge on any atom is 0.246 e. The van der Waals surface area contributed by atoms with Gasteiger partial charge in [0.25, 0.3) is 0 Å². The fourth-order valence-electron chi connectivity index (χ4n) is 3.71. The van der Waals surface area contributed by atoms with Gasteiger partial charge in [0.2, 0.25) is 11.8 Å². The smallest absolute Gasteiger partial charge is 0.246 e. The van der Waals surface area contributed by atoms with Crippen molar-refractivity contribution in [3.63, 3.8) is 0 Å². The van der Waals surface area contributed by atoms with E-state index in [0.29, 0.717) is 13.0 Å². The summed E-state index contributed by atoms with van der Waals surface area (Å²) < 4.78 is 13.7. The summed E-state index contributed by atoms with van der Waals surface area (Å²) in [5.41, 5.74) is 4.01. The van der Waals surface area contributed by atoms with Gasteiger partial charge >= 0.3 is 0 Å². The molecule has 2 amide bonds. The Kier molecular flexibility index (Phi) is 5.98. The lowest BCUT2D eigenvalue weighted by atomic mass is 10.1. The predicted molar refractivity (Wildman–Crippen MR) is 121 cm³/mol. The zero-order chi connectivity index (χ0) is 21.8. The summed E-state index contributed by atoms with van der Waals surface area (Å²) in [7, 11) is 0. The highest BCUT2D eigenvalue weighted by molar-refractivity contribution is 5.97. The van der Waals surface area contributed by atoms with E-state index in [1.54, 1.807) is 19.1 Å². The van der Waals surface area contributed by atoms with E-state index in [1.807, 2.05) is 47.4 Å². The summed E-state index contributed by atoms with van der Waals surface area (Å²) in [6.07, 6.45) is 1.20. The zero-order valence-electron chi connectivity index (χ0n) is 17.3. The van der Waals surface area contributed by atoms with Gasteiger partial charge in [0.15, 0.2) is 0 Å². The Hall–Kier alpha value is -3.67. The van der Waals surface area contributed by atoms with Crippen LogP contribution in [-0.2, 0) is 22.4 Å². The second-order valence-electron chi connectivity index (χ2n) is 7.63. The van der Waals surface area contributed by atoms with E-state index in [2.05, 4.69) is 16.7 Å². The first kappa shape index (κ1) is 20.6. The quantitative estimate of drug-likeness (QED) is 0.625. The third kappa shape index (κ3) is 4.74. The van der Waals surface area contributed by atoms with Crippen molar-refractivity contribution in [2.45, 2.75) is 25.8 Å². The predicted octanol–water partition coefficient (Wildman–Crippen LogP) is 4.40. The number of nitrogens with one attached hydrogen (secondary N) is 2. The third-order valence-electron chi connectivity index (χ3n) is 5.41. The van der Waals surface area contributed by atoms with Gasteiger partial charge in [-0.05, 0) is 54.8 Å². The number of hydrogen-bond donors (Lipinski definition) is 2. The summed E-state index contributed by atoms with van der Waals surface area (Å²) in [5, 5.41) is 5.68. The topological polar surface area (TPSA) is 61.4 Å². The standard InChI is InChI=1S/C25H24FN3O2/c1-17(25(31)28-22-8-4-3-7-21(22)26)27-20-12-10-18(11-13-20)16-24(30)29-15-14-19-6-2-5-9-23(19)29/h2-13,17,27H,14-16H2,1H3,(H,28,31). The molecule has 0 saturated heterocycles. The van der Waals surface area contributed by atoms with Crippen molar-refractivity contribution in [2.75, 3.05) is 22.1 Å². The summed E-state index contributed by atoms with van der Waals surface area (Å²) in [6.45, 7) is 2.42. The Bertz CT molecular complexity index is 1100. The molecule has 6 heteroatoms. The monoisotopic (exact) mass is 417 g/mol. The first-order valence-corrected chi connectivity index (χ1v) is 10.3. The Morgan fingerprint density at radius 3 is 2.48 bits per heavy atom. The number of rotatable bonds is 6. The maximum absolute atomic E-state index is 13.7. The van der Waals surface area contributed by atoms with Gasteiger partial charge < -0.3 is 15.5 Å². The maximum atomic E-state index is 13.7. The highest BCUT2D eigenvalue weighted by atomic mass is 19.1. The number of nitrogens with zero attached hydrogens (tertiary/aromatic N) is 1. The van der Waals surface area contributed by atoms with Gasteiger partial charge in [-0.15, -0.1) is 0 Å². The molecule has 0 spiro atoms. The minimum absolute atomic E-state index is 0.0725. The summed E-state index contributed by atoms with van der Waals surface area (Å²) in [5.74, 6) is -0.738. The van der Waals surface area contributed by atoms with E-state index in [4.69, 9.17) is 0 Å². The molecule has 5 nitrogen and oxygen atoms in total. The molecule has 1 aliphatic rings. The SMILES string of the molecule is CC(Nc1ccc(CC(=O)N2CCc3ccccc32)cc1)C(=O)Nc1ccccc1F. The van der Waals surface area contributed by atoms with Crippen LogP contribution in [0.25, 0.3) is 0 Å². The van der Waals surface area contributed by atoms with Crippen LogP contribution in [0.2, 0.25) is 0 Å². The molecule has 1 aliphatic heterocycles. The van der Waals surface area contributed by atoms with Crippen molar-refractivity contribution in [3.8, 4) is 0 Å². The molecule has 31 heavy (non-hydrogen) atoms. The van der Waals surface area contributed by atoms with E-state index in [9.17, 15) is 14.0 Å². The van der Waals surface area contributed by atoms with Crippen LogP contribution in [0.1, 0.15) is 18.1 Å². The summed E-state index contributed by atoms with van der Waals surface area (Å²) in [4.78, 5) is 26.9. The van der Waals surface area contributed by atoms with Crippen molar-refractivity contribution in [1.82, 2.24) is 0 Å². The van der Waals surface area contributed by atoms with Crippen molar-refractivity contribution in [1.29, 1.82) is 0 Å². The average molecular weight is 417 g/mol. The highest BCUT2D eigenvalue weighted by Gasteiger charge is 2.24. The molecule has 1 unspecified atom stereocenters. The lowest BCUT2D eigenvalue weighted by molar-refractivity contribution is -0.118. The third-order valence-corrected chi connectivity index (χ3v) is 5.41. The number of halogens is 1. The zero-order valence-corrected chi connectivity index (χ0v) is 17.3. The van der Waals surface area contributed by atoms with Crippen LogP contribution in [0.3, 0.4) is 0 Å². The summed E-state index contributed by atoms with van der Waals surface area (Å²) >= 11 is 0. The second-order valence-corrected chi connectivity index (χ2v) is 7.63. The van der Waals surface area contributed by atoms with Crippen LogP contribution < -0.4 is 15.5 Å². The van der Waals surface area contributed by atoms with E-state index in [0.717, 1.165) is 23.4 Å². The lowest BCUT2D eigenvalue weighted by Crippen LogP contribution is -2.32. The largest absolute Gasteiger partial charge is 0.374 e. The van der Waals surface area contributed by atoms with Gasteiger partial charge in [0.05, 0.1) is 12.1 Å². The number of amides is 2. The molecule has 0 fully saturated rings. The van der Waals surface area contributed by atoms with E-state index in [-0.39, 0.29) is 17.5 Å². The molecule has 2 N–H and O–H groups in total. The van der Waals surface area contributed by atoms with Gasteiger partial charge in [-0.25, -0.2) is 4.39 Å². The molecular weight excluding hydrogens is 393 g/mol. The second kappa shape index (κ2) is 9.00. The van der Waals surface area contributed by atoms with E-state index in [1.165, 1.54) is 17.7 Å². The van der Waals surface area contributed by atoms with Gasteiger partial charge in [0.1, 0.15) is 11.9 Å². The molecular formula is C25H24FN3O2. The number of carbonyl (C=O) groups is 2. The Labute approximate surface area is 180 Å². The van der Waals surface area contributed by atoms with Crippen molar-refractivity contribution < 1.29 is 14.0 Å². The van der Waals surface area contributed by atoms with Crippen LogP contribution in [0.15, 0.2) is 72.8 Å². The molecule has 1 heterocycles. The molecule has 0 bridgehead atoms. The molecule has 0 radical (unpaired) electrons. The number of benzene rings is 3. The van der Waals surface area contributed by atoms with Crippen molar-refractivity contribution >= 4 is 28.9 Å². The minimum atomic E-state index is -0.562. The van der Waals surface area contributed by atoms with E-state index >= 15 is 0 Å². The fraction of sp³-hybridized carbons (Fsp3) is 0.200. The molecule has 3 aromatic carbocycles. The molecule has 1 atom stereocenters. The van der Waals surface area contributed by atoms with Gasteiger partial charge in [-0.3, -0.25) is 9.59 Å². The molecule has 3 aromatic rings. The van der Waals surface area contributed by atoms with Crippen molar-refractivity contribution in [3.05, 3.63) is 89.7 Å². The van der Waals surface area contributed by atoms with Crippen LogP contribution >= 0.6 is 0 Å². The Morgan fingerprint density at radius 2 is 1.71 bits per heavy atom. The van der Waals surface area contributed by atoms with Crippen LogP contribution in [-0.4, -0.2) is 24.4 Å². The number of carbonyl (C=O) groups excluding carboxylic acids is 2. The first-order valence-electron chi connectivity index (χ1n) is 10.3. The number of para-hydroxylation sites is 2. The number of fused-ring (bicyclic) bond motifs is 1.